The topological polar surface area (TPSA) is 112 Å². The fourth-order valence-corrected chi connectivity index (χ4v) is 8.93. The average Bonchev–Trinajstić information content (AvgIpc) is 2.96. The summed E-state index contributed by atoms with van der Waals surface area (Å²) in [6.07, 6.45) is -0.883. The van der Waals surface area contributed by atoms with Crippen molar-refractivity contribution in [3.05, 3.63) is 59.9 Å². The number of carbonyl (C=O) groups is 3. The van der Waals surface area contributed by atoms with E-state index in [1.165, 1.54) is 6.07 Å². The third-order valence-corrected chi connectivity index (χ3v) is 11.3. The smallest absolute Gasteiger partial charge is 0.419 e. The van der Waals surface area contributed by atoms with E-state index in [1.807, 2.05) is 29.2 Å². The molecule has 3 rings (SSSR count). The molecule has 1 fully saturated rings. The third kappa shape index (κ3) is 11.1. The van der Waals surface area contributed by atoms with Crippen LogP contribution in [0.25, 0.3) is 11.1 Å². The first-order chi connectivity index (χ1) is 23.1. The lowest BCUT2D eigenvalue weighted by Gasteiger charge is -2.46. The summed E-state index contributed by atoms with van der Waals surface area (Å²) < 4.78 is 52.7. The number of nitrogens with zero attached hydrogens (tertiary/aromatic N) is 2. The third-order valence-electron chi connectivity index (χ3n) is 7.99. The van der Waals surface area contributed by atoms with Gasteiger partial charge in [-0.2, -0.15) is 0 Å². The molecule has 278 valence electrons. The van der Waals surface area contributed by atoms with Crippen molar-refractivity contribution >= 4 is 25.5 Å². The lowest BCUT2D eigenvalue weighted by atomic mass is 9.96. The number of imide groups is 1. The van der Waals surface area contributed by atoms with Gasteiger partial charge in [-0.05, 0) is 106 Å². The fourth-order valence-electron chi connectivity index (χ4n) is 5.92. The molecule has 10 nitrogen and oxygen atoms in total. The minimum atomic E-state index is -3.65. The van der Waals surface area contributed by atoms with Gasteiger partial charge in [0.2, 0.25) is 7.37 Å². The summed E-state index contributed by atoms with van der Waals surface area (Å²) in [6, 6.07) is 14.1. The van der Waals surface area contributed by atoms with Crippen LogP contribution in [0.5, 0.6) is 0 Å². The van der Waals surface area contributed by atoms with Crippen molar-refractivity contribution in [2.45, 2.75) is 117 Å². The Morgan fingerprint density at radius 1 is 0.820 bits per heavy atom. The van der Waals surface area contributed by atoms with Crippen molar-refractivity contribution in [3.8, 4) is 11.1 Å². The first-order valence-corrected chi connectivity index (χ1v) is 19.2. The Hall–Kier alpha value is -3.27. The van der Waals surface area contributed by atoms with Gasteiger partial charge in [-0.3, -0.25) is 14.3 Å². The Morgan fingerprint density at radius 2 is 1.36 bits per heavy atom. The van der Waals surface area contributed by atoms with Crippen LogP contribution in [0, 0.1) is 5.82 Å². The lowest BCUT2D eigenvalue weighted by molar-refractivity contribution is -0.160. The minimum absolute atomic E-state index is 0.0487. The molecule has 0 aliphatic carbocycles. The van der Waals surface area contributed by atoms with E-state index in [1.54, 1.807) is 87.4 Å². The van der Waals surface area contributed by atoms with Crippen molar-refractivity contribution in [1.29, 1.82) is 0 Å². The number of halogens is 1. The first-order valence-electron chi connectivity index (χ1n) is 17.4. The predicted octanol–water partition coefficient (Wildman–Crippen LogP) is 9.05. The van der Waals surface area contributed by atoms with E-state index < -0.39 is 47.5 Å². The molecule has 1 saturated heterocycles. The molecule has 0 saturated carbocycles. The Balaban J connectivity index is 1.96. The average molecular weight is 719 g/mol. The second-order valence-corrected chi connectivity index (χ2v) is 18.7. The van der Waals surface area contributed by atoms with Crippen molar-refractivity contribution in [2.24, 2.45) is 0 Å². The molecule has 0 bridgehead atoms. The zero-order valence-electron chi connectivity index (χ0n) is 31.5. The van der Waals surface area contributed by atoms with Gasteiger partial charge < -0.3 is 18.7 Å². The van der Waals surface area contributed by atoms with Gasteiger partial charge in [0, 0.05) is 37.9 Å². The second kappa shape index (κ2) is 16.4. The van der Waals surface area contributed by atoms with Crippen molar-refractivity contribution < 1.29 is 42.1 Å². The Kier molecular flexibility index (Phi) is 13.5. The molecule has 50 heavy (non-hydrogen) atoms. The van der Waals surface area contributed by atoms with Crippen LogP contribution in [0.1, 0.15) is 94.1 Å². The maximum absolute atomic E-state index is 14.9. The van der Waals surface area contributed by atoms with Crippen molar-refractivity contribution in [2.75, 3.05) is 32.4 Å². The number of hydrogen-bond donors (Lipinski definition) is 0. The summed E-state index contributed by atoms with van der Waals surface area (Å²) in [7, 11) is -3.65. The van der Waals surface area contributed by atoms with Crippen molar-refractivity contribution in [1.82, 2.24) is 9.80 Å². The maximum atomic E-state index is 14.9. The number of hydrogen-bond acceptors (Lipinski definition) is 9. The van der Waals surface area contributed by atoms with E-state index in [2.05, 4.69) is 0 Å². The molecule has 1 aliphatic rings. The van der Waals surface area contributed by atoms with E-state index in [-0.39, 0.29) is 44.5 Å². The Bertz CT molecular complexity index is 1520. The standard InChI is InChI=1S/C38H56FN2O8P/c1-11-46-50(45)25-24-40(26-28-18-12-13-19-29(28)30-20-14-15-21-31(30)39)27-38(50,32(42)47-35(2,3)4)22-16-17-23-41(33(43)48-36(5,6)7)34(44)49-37(8,9)10/h12-15,18-21H,11,16-17,22-27H2,1-10H3. The van der Waals surface area contributed by atoms with Gasteiger partial charge in [0.1, 0.15) is 22.6 Å². The van der Waals surface area contributed by atoms with Gasteiger partial charge in [0.05, 0.1) is 6.61 Å². The number of amides is 2. The molecule has 1 heterocycles. The van der Waals surface area contributed by atoms with E-state index in [0.29, 0.717) is 25.1 Å². The lowest BCUT2D eigenvalue weighted by Crippen LogP contribution is -2.56. The summed E-state index contributed by atoms with van der Waals surface area (Å²) in [5.74, 6) is -0.959. The van der Waals surface area contributed by atoms with Crippen LogP contribution in [0.15, 0.2) is 48.5 Å². The van der Waals surface area contributed by atoms with E-state index in [4.69, 9.17) is 18.7 Å². The number of ether oxygens (including phenoxy) is 3. The van der Waals surface area contributed by atoms with Crippen LogP contribution in [0.2, 0.25) is 0 Å². The van der Waals surface area contributed by atoms with Crippen molar-refractivity contribution in [3.63, 3.8) is 0 Å². The van der Waals surface area contributed by atoms with Crippen LogP contribution >= 0.6 is 7.37 Å². The normalized spacial score (nSPS) is 20.2. The molecule has 0 N–H and O–H groups in total. The van der Waals surface area contributed by atoms with Gasteiger partial charge in [-0.1, -0.05) is 42.5 Å². The van der Waals surface area contributed by atoms with Crippen LogP contribution in [-0.2, 0) is 34.6 Å². The van der Waals surface area contributed by atoms with Gasteiger partial charge in [-0.25, -0.2) is 18.9 Å². The molecular formula is C38H56FN2O8P. The largest absolute Gasteiger partial charge is 0.459 e. The molecule has 2 unspecified atom stereocenters. The zero-order chi connectivity index (χ0) is 37.5. The summed E-state index contributed by atoms with van der Waals surface area (Å²) in [5.41, 5.74) is -0.508. The number of unbranched alkanes of at least 4 members (excludes halogenated alkanes) is 1. The highest BCUT2D eigenvalue weighted by Gasteiger charge is 2.59. The van der Waals surface area contributed by atoms with E-state index in [0.717, 1.165) is 16.0 Å². The number of benzene rings is 2. The highest BCUT2D eigenvalue weighted by molar-refractivity contribution is 7.62. The SMILES string of the molecule is CCOP1(=O)CCN(Cc2ccccc2-c2ccccc2F)CC1(CCCCN(C(=O)OC(C)(C)C)C(=O)OC(C)(C)C)C(=O)OC(C)(C)C. The summed E-state index contributed by atoms with van der Waals surface area (Å²) in [4.78, 5) is 43.5. The molecule has 0 spiro atoms. The maximum Gasteiger partial charge on any atom is 0.419 e. The highest BCUT2D eigenvalue weighted by Crippen LogP contribution is 2.64. The zero-order valence-corrected chi connectivity index (χ0v) is 32.4. The first kappa shape index (κ1) is 41.2. The van der Waals surface area contributed by atoms with Crippen LogP contribution in [0.3, 0.4) is 0 Å². The van der Waals surface area contributed by atoms with Gasteiger partial charge in [0.25, 0.3) is 0 Å². The Labute approximate surface area is 297 Å². The minimum Gasteiger partial charge on any atom is -0.459 e. The molecule has 1 aliphatic heterocycles. The molecule has 0 aromatic heterocycles. The van der Waals surface area contributed by atoms with Gasteiger partial charge in [0.15, 0.2) is 5.16 Å². The number of carbonyl (C=O) groups excluding carboxylic acids is 3. The second-order valence-electron chi connectivity index (χ2n) is 15.8. The number of rotatable bonds is 11. The molecule has 2 aromatic rings. The summed E-state index contributed by atoms with van der Waals surface area (Å²) in [6.45, 7) is 18.2. The van der Waals surface area contributed by atoms with Crippen LogP contribution in [-0.4, -0.2) is 82.3 Å². The highest BCUT2D eigenvalue weighted by atomic mass is 31.2. The van der Waals surface area contributed by atoms with Crippen LogP contribution < -0.4 is 0 Å². The molecule has 2 atom stereocenters. The fraction of sp³-hybridized carbons (Fsp3) is 0.605. The predicted molar refractivity (Wildman–Crippen MR) is 193 cm³/mol. The summed E-state index contributed by atoms with van der Waals surface area (Å²) in [5, 5.41) is -1.54. The molecule has 2 aromatic carbocycles. The van der Waals surface area contributed by atoms with Gasteiger partial charge in [-0.15, -0.1) is 0 Å². The van der Waals surface area contributed by atoms with E-state index >= 15 is 0 Å². The molecule has 0 radical (unpaired) electrons. The number of esters is 1. The quantitative estimate of drug-likeness (QED) is 0.0972. The molecule has 2 amide bonds. The molecular weight excluding hydrogens is 662 g/mol. The molecule has 12 heteroatoms. The van der Waals surface area contributed by atoms with Crippen LogP contribution in [0.4, 0.5) is 14.0 Å². The monoisotopic (exact) mass is 718 g/mol. The summed E-state index contributed by atoms with van der Waals surface area (Å²) >= 11 is 0. The Morgan fingerprint density at radius 3 is 1.90 bits per heavy atom. The van der Waals surface area contributed by atoms with Gasteiger partial charge >= 0.3 is 18.2 Å². The van der Waals surface area contributed by atoms with E-state index in [9.17, 15) is 23.3 Å².